The zero-order valence-electron chi connectivity index (χ0n) is 10.2. The Labute approximate surface area is 110 Å². The van der Waals surface area contributed by atoms with Crippen molar-refractivity contribution in [2.45, 2.75) is 19.9 Å². The van der Waals surface area contributed by atoms with Crippen LogP contribution in [0.1, 0.15) is 17.0 Å². The van der Waals surface area contributed by atoms with Gasteiger partial charge in [0.1, 0.15) is 0 Å². The molecule has 0 aromatic carbocycles. The van der Waals surface area contributed by atoms with Gasteiger partial charge in [-0.3, -0.25) is 4.68 Å². The van der Waals surface area contributed by atoms with Gasteiger partial charge < -0.3 is 10.3 Å². The first-order valence-corrected chi connectivity index (χ1v) is 6.44. The van der Waals surface area contributed by atoms with E-state index in [4.69, 9.17) is 5.73 Å². The maximum atomic E-state index is 5.54. The second-order valence-corrected chi connectivity index (χ2v) is 4.99. The number of nitrogens with two attached hydrogens (primary N) is 1. The van der Waals surface area contributed by atoms with E-state index in [-0.39, 0.29) is 0 Å². The highest BCUT2D eigenvalue weighted by molar-refractivity contribution is 9.10. The Morgan fingerprint density at radius 3 is 2.82 bits per heavy atom. The average molecular weight is 297 g/mol. The van der Waals surface area contributed by atoms with Gasteiger partial charge in [-0.05, 0) is 47.4 Å². The van der Waals surface area contributed by atoms with Crippen LogP contribution in [0.4, 0.5) is 0 Å². The topological polar surface area (TPSA) is 48.8 Å². The molecule has 2 rings (SSSR count). The molecule has 2 aromatic heterocycles. The Bertz CT molecular complexity index is 513. The molecule has 0 saturated carbocycles. The minimum Gasteiger partial charge on any atom is -0.348 e. The third kappa shape index (κ3) is 2.61. The van der Waals surface area contributed by atoms with Crippen LogP contribution in [0.25, 0.3) is 0 Å². The first-order chi connectivity index (χ1) is 8.11. The molecule has 0 aliphatic carbocycles. The summed E-state index contributed by atoms with van der Waals surface area (Å²) in [7, 11) is 1.97. The predicted octanol–water partition coefficient (Wildman–Crippen LogP) is 1.84. The van der Waals surface area contributed by atoms with Crippen LogP contribution in [0.3, 0.4) is 0 Å². The van der Waals surface area contributed by atoms with Crippen molar-refractivity contribution in [2.75, 3.05) is 6.54 Å². The lowest BCUT2D eigenvalue weighted by Gasteiger charge is -2.04. The van der Waals surface area contributed by atoms with E-state index in [1.165, 1.54) is 11.3 Å². The summed E-state index contributed by atoms with van der Waals surface area (Å²) in [6.45, 7) is 3.52. The van der Waals surface area contributed by atoms with E-state index in [1.807, 2.05) is 18.7 Å². The van der Waals surface area contributed by atoms with Gasteiger partial charge in [0, 0.05) is 19.4 Å². The molecule has 92 valence electrons. The molecule has 0 aliphatic rings. The molecule has 0 amide bonds. The predicted molar refractivity (Wildman–Crippen MR) is 71.9 cm³/mol. The normalized spacial score (nSPS) is 11.1. The molecule has 4 nitrogen and oxygen atoms in total. The number of halogens is 1. The Morgan fingerprint density at radius 2 is 2.24 bits per heavy atom. The summed E-state index contributed by atoms with van der Waals surface area (Å²) >= 11 is 3.58. The van der Waals surface area contributed by atoms with Crippen LogP contribution in [0.5, 0.6) is 0 Å². The molecule has 5 heteroatoms. The van der Waals surface area contributed by atoms with Gasteiger partial charge in [0.2, 0.25) is 0 Å². The van der Waals surface area contributed by atoms with Crippen molar-refractivity contribution in [3.63, 3.8) is 0 Å². The van der Waals surface area contributed by atoms with Crippen molar-refractivity contribution >= 4 is 15.9 Å². The summed E-state index contributed by atoms with van der Waals surface area (Å²) in [5.74, 6) is 0. The van der Waals surface area contributed by atoms with E-state index in [9.17, 15) is 0 Å². The molecule has 17 heavy (non-hydrogen) atoms. The number of aryl methyl sites for hydroxylation is 2. The largest absolute Gasteiger partial charge is 0.348 e. The quantitative estimate of drug-likeness (QED) is 0.936. The minimum atomic E-state index is 0.693. The first kappa shape index (κ1) is 12.4. The lowest BCUT2D eigenvalue weighted by molar-refractivity contribution is 0.663. The molecule has 0 saturated heterocycles. The zero-order valence-corrected chi connectivity index (χ0v) is 11.7. The van der Waals surface area contributed by atoms with Gasteiger partial charge in [0.25, 0.3) is 0 Å². The van der Waals surface area contributed by atoms with E-state index < -0.39 is 0 Å². The molecule has 0 unspecified atom stereocenters. The maximum absolute atomic E-state index is 5.54. The van der Waals surface area contributed by atoms with Gasteiger partial charge in [-0.25, -0.2) is 0 Å². The highest BCUT2D eigenvalue weighted by atomic mass is 79.9. The number of rotatable bonds is 4. The smallest absolute Gasteiger partial charge is 0.0739 e. The van der Waals surface area contributed by atoms with Crippen LogP contribution in [0, 0.1) is 6.92 Å². The Balaban J connectivity index is 2.19. The van der Waals surface area contributed by atoms with E-state index in [0.29, 0.717) is 6.54 Å². The molecular formula is C12H17BrN4. The van der Waals surface area contributed by atoms with Crippen molar-refractivity contribution in [3.8, 4) is 0 Å². The molecule has 2 heterocycles. The Kier molecular flexibility index (Phi) is 3.69. The summed E-state index contributed by atoms with van der Waals surface area (Å²) in [5, 5.41) is 4.39. The number of nitrogens with zero attached hydrogens (tertiary/aromatic N) is 3. The molecule has 0 radical (unpaired) electrons. The highest BCUT2D eigenvalue weighted by Gasteiger charge is 2.10. The molecule has 0 spiro atoms. The molecule has 2 aromatic rings. The summed E-state index contributed by atoms with van der Waals surface area (Å²) in [6.07, 6.45) is 5.15. The fourth-order valence-electron chi connectivity index (χ4n) is 1.93. The van der Waals surface area contributed by atoms with Crippen LogP contribution in [0.15, 0.2) is 22.9 Å². The second kappa shape index (κ2) is 5.06. The lowest BCUT2D eigenvalue weighted by atomic mass is 10.2. The molecular weight excluding hydrogens is 280 g/mol. The van der Waals surface area contributed by atoms with Crippen molar-refractivity contribution in [1.29, 1.82) is 0 Å². The van der Waals surface area contributed by atoms with Gasteiger partial charge in [-0.2, -0.15) is 5.10 Å². The minimum absolute atomic E-state index is 0.693. The first-order valence-electron chi connectivity index (χ1n) is 5.64. The van der Waals surface area contributed by atoms with E-state index in [0.717, 1.165) is 23.1 Å². The van der Waals surface area contributed by atoms with Gasteiger partial charge in [-0.15, -0.1) is 0 Å². The van der Waals surface area contributed by atoms with Crippen LogP contribution in [-0.4, -0.2) is 20.9 Å². The van der Waals surface area contributed by atoms with Gasteiger partial charge >= 0.3 is 0 Å². The van der Waals surface area contributed by atoms with E-state index in [2.05, 4.69) is 44.1 Å². The van der Waals surface area contributed by atoms with E-state index in [1.54, 1.807) is 0 Å². The van der Waals surface area contributed by atoms with Crippen LogP contribution < -0.4 is 5.73 Å². The highest BCUT2D eigenvalue weighted by Crippen LogP contribution is 2.21. The number of aromatic nitrogens is 3. The van der Waals surface area contributed by atoms with Crippen molar-refractivity contribution in [1.82, 2.24) is 14.3 Å². The lowest BCUT2D eigenvalue weighted by Crippen LogP contribution is -2.05. The number of hydrogen-bond acceptors (Lipinski definition) is 2. The third-order valence-electron chi connectivity index (χ3n) is 2.84. The van der Waals surface area contributed by atoms with Gasteiger partial charge in [0.15, 0.2) is 0 Å². The fraction of sp³-hybridized carbons (Fsp3) is 0.417. The Morgan fingerprint density at radius 1 is 1.47 bits per heavy atom. The average Bonchev–Trinajstić information content (AvgIpc) is 2.81. The van der Waals surface area contributed by atoms with Gasteiger partial charge in [-0.1, -0.05) is 0 Å². The van der Waals surface area contributed by atoms with E-state index >= 15 is 0 Å². The monoisotopic (exact) mass is 296 g/mol. The van der Waals surface area contributed by atoms with Crippen LogP contribution in [0.2, 0.25) is 0 Å². The summed E-state index contributed by atoms with van der Waals surface area (Å²) in [5.41, 5.74) is 9.03. The molecule has 0 atom stereocenters. The van der Waals surface area contributed by atoms with Gasteiger partial charge in [0.05, 0.1) is 22.4 Å². The maximum Gasteiger partial charge on any atom is 0.0739 e. The molecule has 0 aliphatic heterocycles. The van der Waals surface area contributed by atoms with Crippen molar-refractivity contribution in [3.05, 3.63) is 39.9 Å². The van der Waals surface area contributed by atoms with Crippen LogP contribution >= 0.6 is 15.9 Å². The molecule has 0 fully saturated rings. The molecule has 0 bridgehead atoms. The fourth-order valence-corrected chi connectivity index (χ4v) is 2.39. The standard InChI is InChI=1S/C12H17BrN4/c1-9-12(13)11(16(2)15-9)8-17-6-4-10(7-17)3-5-14/h4,6-7H,3,5,8,14H2,1-2H3. The van der Waals surface area contributed by atoms with Crippen molar-refractivity contribution < 1.29 is 0 Å². The zero-order chi connectivity index (χ0) is 12.4. The van der Waals surface area contributed by atoms with Crippen LogP contribution in [-0.2, 0) is 20.0 Å². The SMILES string of the molecule is Cc1nn(C)c(Cn2ccc(CCN)c2)c1Br. The third-order valence-corrected chi connectivity index (χ3v) is 3.87. The molecule has 2 N–H and O–H groups in total. The van der Waals surface area contributed by atoms with Crippen molar-refractivity contribution in [2.24, 2.45) is 12.8 Å². The second-order valence-electron chi connectivity index (χ2n) is 4.20. The summed E-state index contributed by atoms with van der Waals surface area (Å²) < 4.78 is 5.17. The summed E-state index contributed by atoms with van der Waals surface area (Å²) in [4.78, 5) is 0. The Hall–Kier alpha value is -1.07. The number of hydrogen-bond donors (Lipinski definition) is 1. The summed E-state index contributed by atoms with van der Waals surface area (Å²) in [6, 6.07) is 2.12.